The Morgan fingerprint density at radius 1 is 1.54 bits per heavy atom. The van der Waals surface area contributed by atoms with E-state index in [0.29, 0.717) is 12.5 Å². The van der Waals surface area contributed by atoms with Gasteiger partial charge in [0.15, 0.2) is 0 Å². The Morgan fingerprint density at radius 2 is 2.31 bits per heavy atom. The van der Waals surface area contributed by atoms with E-state index in [2.05, 4.69) is 19.9 Å². The van der Waals surface area contributed by atoms with Gasteiger partial charge in [0.2, 0.25) is 0 Å². The molecule has 0 unspecified atom stereocenters. The molecule has 0 bridgehead atoms. The van der Waals surface area contributed by atoms with Crippen molar-refractivity contribution in [3.8, 4) is 0 Å². The smallest absolute Gasteiger partial charge is 0.423 e. The summed E-state index contributed by atoms with van der Waals surface area (Å²) in [6.45, 7) is 4.82. The van der Waals surface area contributed by atoms with E-state index in [0.717, 1.165) is 11.0 Å². The van der Waals surface area contributed by atoms with Gasteiger partial charge in [-0.05, 0) is 22.5 Å². The maximum Gasteiger partial charge on any atom is 0.491 e. The van der Waals surface area contributed by atoms with Crippen molar-refractivity contribution in [2.45, 2.75) is 26.4 Å². The van der Waals surface area contributed by atoms with Crippen molar-refractivity contribution in [2.75, 3.05) is 0 Å². The number of hydrogen-bond donors (Lipinski definition) is 1. The Balaban J connectivity index is 0.000000980. The van der Waals surface area contributed by atoms with E-state index in [4.69, 9.17) is 4.65 Å². The average Bonchev–Trinajstić information content (AvgIpc) is 2.47. The van der Waals surface area contributed by atoms with Gasteiger partial charge in [0.05, 0.1) is 6.61 Å². The van der Waals surface area contributed by atoms with E-state index in [1.165, 1.54) is 5.56 Å². The first-order valence-electron chi connectivity index (χ1n) is 4.61. The highest BCUT2D eigenvalue weighted by molar-refractivity contribution is 6.61. The second kappa shape index (κ2) is 3.16. The molecule has 0 saturated heterocycles. The van der Waals surface area contributed by atoms with Crippen molar-refractivity contribution in [3.63, 3.8) is 0 Å². The first-order chi connectivity index (χ1) is 6.18. The van der Waals surface area contributed by atoms with Gasteiger partial charge in [-0.3, -0.25) is 0 Å². The third kappa shape index (κ3) is 1.49. The van der Waals surface area contributed by atoms with E-state index in [9.17, 15) is 5.02 Å². The highest BCUT2D eigenvalue weighted by Crippen LogP contribution is 2.17. The maximum absolute atomic E-state index is 9.47. The fraction of sp³-hybridized carbons (Fsp3) is 0.400. The summed E-state index contributed by atoms with van der Waals surface area (Å²) in [6, 6.07) is 6.18. The van der Waals surface area contributed by atoms with Gasteiger partial charge in [-0.25, -0.2) is 0 Å². The minimum Gasteiger partial charge on any atom is -0.423 e. The van der Waals surface area contributed by atoms with E-state index in [1.807, 2.05) is 12.1 Å². The molecule has 3 heteroatoms. The molecule has 1 heterocycles. The molecule has 1 aliphatic heterocycles. The Morgan fingerprint density at radius 3 is 3.00 bits per heavy atom. The zero-order valence-electron chi connectivity index (χ0n) is 7.95. The van der Waals surface area contributed by atoms with Gasteiger partial charge in [0.1, 0.15) is 0 Å². The molecule has 0 atom stereocenters. The van der Waals surface area contributed by atoms with Crippen molar-refractivity contribution < 1.29 is 11.1 Å². The molecule has 70 valence electrons. The third-order valence-corrected chi connectivity index (χ3v) is 2.50. The van der Waals surface area contributed by atoms with Gasteiger partial charge in [-0.15, -0.1) is 0 Å². The molecule has 0 amide bonds. The van der Waals surface area contributed by atoms with Gasteiger partial charge in [-0.2, -0.15) is 0 Å². The van der Waals surface area contributed by atoms with Gasteiger partial charge in [0, 0.05) is 1.43 Å². The lowest BCUT2D eigenvalue weighted by Crippen LogP contribution is -2.28. The van der Waals surface area contributed by atoms with E-state index < -0.39 is 7.12 Å². The SMILES string of the molecule is CC(C)c1ccc2c(c1)B(O)OC2.[HH]. The summed E-state index contributed by atoms with van der Waals surface area (Å²) < 4.78 is 5.11. The van der Waals surface area contributed by atoms with Crippen molar-refractivity contribution in [1.82, 2.24) is 0 Å². The fourth-order valence-corrected chi connectivity index (χ4v) is 1.59. The minimum atomic E-state index is -0.714. The number of benzene rings is 1. The van der Waals surface area contributed by atoms with Gasteiger partial charge < -0.3 is 9.68 Å². The topological polar surface area (TPSA) is 29.5 Å². The molecule has 1 aromatic carbocycles. The number of fused-ring (bicyclic) bond motifs is 1. The van der Waals surface area contributed by atoms with Gasteiger partial charge in [0.25, 0.3) is 0 Å². The summed E-state index contributed by atoms with van der Waals surface area (Å²) in [4.78, 5) is 0. The van der Waals surface area contributed by atoms with Crippen molar-refractivity contribution >= 4 is 12.6 Å². The molecule has 0 aliphatic carbocycles. The summed E-state index contributed by atoms with van der Waals surface area (Å²) in [5.41, 5.74) is 3.30. The molecular weight excluding hydrogens is 163 g/mol. The molecule has 1 aromatic rings. The summed E-state index contributed by atoms with van der Waals surface area (Å²) in [7, 11) is -0.714. The van der Waals surface area contributed by atoms with Crippen molar-refractivity contribution in [2.24, 2.45) is 0 Å². The first-order valence-corrected chi connectivity index (χ1v) is 4.61. The third-order valence-electron chi connectivity index (χ3n) is 2.50. The molecule has 13 heavy (non-hydrogen) atoms. The minimum absolute atomic E-state index is 0. The fourth-order valence-electron chi connectivity index (χ4n) is 1.59. The molecular formula is C10H15BO2. The van der Waals surface area contributed by atoms with E-state index in [1.54, 1.807) is 0 Å². The maximum atomic E-state index is 9.47. The van der Waals surface area contributed by atoms with Crippen LogP contribution in [0.1, 0.15) is 32.3 Å². The largest absolute Gasteiger partial charge is 0.491 e. The molecule has 0 radical (unpaired) electrons. The molecule has 0 fully saturated rings. The van der Waals surface area contributed by atoms with Crippen LogP contribution in [0.5, 0.6) is 0 Å². The summed E-state index contributed by atoms with van der Waals surface area (Å²) in [5.74, 6) is 0.498. The normalized spacial score (nSPS) is 15.2. The quantitative estimate of drug-likeness (QED) is 0.656. The van der Waals surface area contributed by atoms with Crippen LogP contribution in [0.15, 0.2) is 18.2 Å². The molecule has 0 saturated carbocycles. The standard InChI is InChI=1S/C10H13BO2.H2/c1-7(2)8-3-4-9-6-13-11(12)10(9)5-8;/h3-5,7,12H,6H2,1-2H3;1H. The molecule has 1 N–H and O–H groups in total. The van der Waals surface area contributed by atoms with Crippen LogP contribution in [0.2, 0.25) is 0 Å². The molecule has 2 rings (SSSR count). The van der Waals surface area contributed by atoms with Crippen LogP contribution < -0.4 is 5.46 Å². The van der Waals surface area contributed by atoms with Crippen LogP contribution in [-0.2, 0) is 11.3 Å². The van der Waals surface area contributed by atoms with Crippen molar-refractivity contribution in [3.05, 3.63) is 29.3 Å². The first kappa shape index (κ1) is 8.79. The van der Waals surface area contributed by atoms with Gasteiger partial charge in [-0.1, -0.05) is 32.0 Å². The highest BCUT2D eigenvalue weighted by Gasteiger charge is 2.27. The summed E-state index contributed by atoms with van der Waals surface area (Å²) >= 11 is 0. The zero-order valence-corrected chi connectivity index (χ0v) is 7.95. The Kier molecular flexibility index (Phi) is 2.14. The number of hydrogen-bond acceptors (Lipinski definition) is 2. The molecule has 2 nitrogen and oxygen atoms in total. The van der Waals surface area contributed by atoms with Crippen LogP contribution in [0, 0.1) is 0 Å². The summed E-state index contributed by atoms with van der Waals surface area (Å²) in [5, 5.41) is 9.47. The Labute approximate surface area is 80.2 Å². The van der Waals surface area contributed by atoms with Crippen molar-refractivity contribution in [1.29, 1.82) is 0 Å². The molecule has 0 spiro atoms. The monoisotopic (exact) mass is 178 g/mol. The Hall–Kier alpha value is -0.795. The lowest BCUT2D eigenvalue weighted by Gasteiger charge is -2.07. The summed E-state index contributed by atoms with van der Waals surface area (Å²) in [6.07, 6.45) is 0. The van der Waals surface area contributed by atoms with Crippen LogP contribution in [0.3, 0.4) is 0 Å². The molecule has 1 aliphatic rings. The Bertz CT molecular complexity index is 328. The van der Waals surface area contributed by atoms with Crippen LogP contribution in [0.25, 0.3) is 0 Å². The second-order valence-corrected chi connectivity index (χ2v) is 3.78. The lowest BCUT2D eigenvalue weighted by atomic mass is 9.78. The van der Waals surface area contributed by atoms with Crippen LogP contribution in [-0.4, -0.2) is 12.1 Å². The van der Waals surface area contributed by atoms with E-state index >= 15 is 0 Å². The predicted molar refractivity (Wildman–Crippen MR) is 55.0 cm³/mol. The van der Waals surface area contributed by atoms with Crippen LogP contribution in [0.4, 0.5) is 0 Å². The predicted octanol–water partition coefficient (Wildman–Crippen LogP) is 1.27. The highest BCUT2D eigenvalue weighted by atomic mass is 16.5. The second-order valence-electron chi connectivity index (χ2n) is 3.78. The lowest BCUT2D eigenvalue weighted by molar-refractivity contribution is 0.275. The average molecular weight is 178 g/mol. The van der Waals surface area contributed by atoms with Gasteiger partial charge >= 0.3 is 7.12 Å². The number of rotatable bonds is 1. The van der Waals surface area contributed by atoms with Crippen LogP contribution >= 0.6 is 0 Å². The van der Waals surface area contributed by atoms with E-state index in [-0.39, 0.29) is 1.43 Å². The molecule has 0 aromatic heterocycles. The zero-order chi connectivity index (χ0) is 9.42.